The first-order valence-electron chi connectivity index (χ1n) is 10.5. The van der Waals surface area contributed by atoms with Crippen LogP contribution in [0.15, 0.2) is 30.5 Å². The van der Waals surface area contributed by atoms with E-state index in [2.05, 4.69) is 41.3 Å². The van der Waals surface area contributed by atoms with Crippen molar-refractivity contribution in [3.8, 4) is 0 Å². The van der Waals surface area contributed by atoms with Crippen molar-refractivity contribution in [1.82, 2.24) is 9.97 Å². The highest BCUT2D eigenvalue weighted by Gasteiger charge is 2.38. The standard InChI is InChI=1S/C22H33N5O2Si/c1-7-23-21-24-15-18-19(25-21)26(4)11-12-27(20(18)28)17-10-8-9-16(13-17)14-22(2,3)30(5,6)29/h8-10,13,15,29H,7,11-12,14H2,1-6H3,(H,23,24,25). The highest BCUT2D eigenvalue weighted by atomic mass is 28.4. The van der Waals surface area contributed by atoms with E-state index in [1.54, 1.807) is 11.1 Å². The third-order valence-corrected chi connectivity index (χ3v) is 9.61. The number of carbonyl (C=O) groups excluding carboxylic acids is 1. The van der Waals surface area contributed by atoms with Gasteiger partial charge in [-0.05, 0) is 49.2 Å². The molecule has 3 rings (SSSR count). The van der Waals surface area contributed by atoms with Gasteiger partial charge >= 0.3 is 0 Å². The summed E-state index contributed by atoms with van der Waals surface area (Å²) in [7, 11) is -0.375. The molecule has 2 N–H and O–H groups in total. The van der Waals surface area contributed by atoms with Gasteiger partial charge in [-0.25, -0.2) is 4.98 Å². The predicted octanol–water partition coefficient (Wildman–Crippen LogP) is 3.53. The maximum atomic E-state index is 13.4. The molecule has 7 nitrogen and oxygen atoms in total. The predicted molar refractivity (Wildman–Crippen MR) is 125 cm³/mol. The van der Waals surface area contributed by atoms with E-state index in [4.69, 9.17) is 0 Å². The Morgan fingerprint density at radius 1 is 1.27 bits per heavy atom. The summed E-state index contributed by atoms with van der Waals surface area (Å²) in [5.41, 5.74) is 2.49. The minimum absolute atomic E-state index is 0.0920. The first kappa shape index (κ1) is 22.2. The zero-order valence-electron chi connectivity index (χ0n) is 18.9. The summed E-state index contributed by atoms with van der Waals surface area (Å²) in [6.07, 6.45) is 2.38. The van der Waals surface area contributed by atoms with Crippen molar-refractivity contribution < 1.29 is 9.59 Å². The minimum Gasteiger partial charge on any atom is -0.432 e. The average molecular weight is 428 g/mol. The second kappa shape index (κ2) is 8.35. The summed E-state index contributed by atoms with van der Waals surface area (Å²) in [6, 6.07) is 8.09. The monoisotopic (exact) mass is 427 g/mol. The van der Waals surface area contributed by atoms with Gasteiger partial charge in [0.15, 0.2) is 8.32 Å². The van der Waals surface area contributed by atoms with Crippen LogP contribution in [0.2, 0.25) is 18.1 Å². The van der Waals surface area contributed by atoms with Crippen LogP contribution in [0.25, 0.3) is 0 Å². The van der Waals surface area contributed by atoms with Gasteiger partial charge in [0.25, 0.3) is 5.91 Å². The van der Waals surface area contributed by atoms with E-state index < -0.39 is 8.32 Å². The number of aromatic nitrogens is 2. The summed E-state index contributed by atoms with van der Waals surface area (Å²) in [4.78, 5) is 36.7. The van der Waals surface area contributed by atoms with Crippen molar-refractivity contribution in [3.05, 3.63) is 41.6 Å². The Labute approximate surface area is 180 Å². The van der Waals surface area contributed by atoms with Crippen molar-refractivity contribution >= 4 is 31.7 Å². The van der Waals surface area contributed by atoms with E-state index in [0.717, 1.165) is 24.2 Å². The van der Waals surface area contributed by atoms with E-state index in [1.165, 1.54) is 0 Å². The first-order chi connectivity index (χ1) is 14.0. The fourth-order valence-corrected chi connectivity index (χ4v) is 4.10. The summed E-state index contributed by atoms with van der Waals surface area (Å²) in [5, 5.41) is 2.94. The largest absolute Gasteiger partial charge is 0.432 e. The van der Waals surface area contributed by atoms with Crippen LogP contribution in [0.1, 0.15) is 36.7 Å². The third-order valence-electron chi connectivity index (χ3n) is 6.12. The zero-order valence-corrected chi connectivity index (χ0v) is 19.9. The van der Waals surface area contributed by atoms with Gasteiger partial charge in [0.2, 0.25) is 5.95 Å². The Kier molecular flexibility index (Phi) is 6.19. The molecule has 30 heavy (non-hydrogen) atoms. The Bertz CT molecular complexity index is 926. The summed E-state index contributed by atoms with van der Waals surface area (Å²) in [6.45, 7) is 12.1. The molecule has 8 heteroatoms. The summed E-state index contributed by atoms with van der Waals surface area (Å²) >= 11 is 0. The van der Waals surface area contributed by atoms with Crippen molar-refractivity contribution in [2.75, 3.05) is 41.8 Å². The van der Waals surface area contributed by atoms with Crippen LogP contribution >= 0.6 is 0 Å². The molecular weight excluding hydrogens is 394 g/mol. The number of anilines is 3. The van der Waals surface area contributed by atoms with E-state index in [0.29, 0.717) is 30.4 Å². The van der Waals surface area contributed by atoms with Gasteiger partial charge in [0.05, 0.1) is 0 Å². The molecule has 2 heterocycles. The lowest BCUT2D eigenvalue weighted by Gasteiger charge is -2.35. The molecule has 2 aromatic rings. The lowest BCUT2D eigenvalue weighted by atomic mass is 10.0. The minimum atomic E-state index is -2.32. The van der Waals surface area contributed by atoms with Gasteiger partial charge in [-0.2, -0.15) is 4.98 Å². The molecule has 1 aliphatic heterocycles. The Balaban J connectivity index is 1.92. The molecule has 1 aromatic heterocycles. The van der Waals surface area contributed by atoms with Gasteiger partial charge in [-0.15, -0.1) is 0 Å². The van der Waals surface area contributed by atoms with Crippen LogP contribution in [0, 0.1) is 0 Å². The fraction of sp³-hybridized carbons (Fsp3) is 0.500. The van der Waals surface area contributed by atoms with Crippen molar-refractivity contribution in [1.29, 1.82) is 0 Å². The molecule has 0 bridgehead atoms. The number of hydrogen-bond donors (Lipinski definition) is 2. The molecule has 0 radical (unpaired) electrons. The maximum Gasteiger partial charge on any atom is 0.263 e. The van der Waals surface area contributed by atoms with E-state index >= 15 is 0 Å². The molecule has 0 atom stereocenters. The van der Waals surface area contributed by atoms with Crippen LogP contribution in [0.3, 0.4) is 0 Å². The number of hydrogen-bond acceptors (Lipinski definition) is 6. The number of benzene rings is 1. The molecule has 0 fully saturated rings. The number of nitrogens with zero attached hydrogens (tertiary/aromatic N) is 4. The van der Waals surface area contributed by atoms with Gasteiger partial charge in [-0.3, -0.25) is 4.79 Å². The van der Waals surface area contributed by atoms with Crippen LogP contribution < -0.4 is 15.1 Å². The lowest BCUT2D eigenvalue weighted by molar-refractivity contribution is 0.0989. The normalized spacial score (nSPS) is 15.1. The fourth-order valence-electron chi connectivity index (χ4n) is 3.47. The molecule has 1 aliphatic rings. The first-order valence-corrected chi connectivity index (χ1v) is 13.4. The molecular formula is C22H33N5O2Si. The highest BCUT2D eigenvalue weighted by molar-refractivity contribution is 6.72. The summed E-state index contributed by atoms with van der Waals surface area (Å²) in [5.74, 6) is 1.09. The second-order valence-corrected chi connectivity index (χ2v) is 13.6. The number of nitrogens with one attached hydrogen (secondary N) is 1. The van der Waals surface area contributed by atoms with Gasteiger partial charge in [0, 0.05) is 38.6 Å². The van der Waals surface area contributed by atoms with E-state index in [1.807, 2.05) is 44.1 Å². The Morgan fingerprint density at radius 3 is 2.67 bits per heavy atom. The van der Waals surface area contributed by atoms with Gasteiger partial charge in [0.1, 0.15) is 11.4 Å². The quantitative estimate of drug-likeness (QED) is 0.687. The molecule has 0 spiro atoms. The number of likely N-dealkylation sites (N-methyl/N-ethyl adjacent to an activating group) is 1. The van der Waals surface area contributed by atoms with E-state index in [-0.39, 0.29) is 10.9 Å². The average Bonchev–Trinajstić information content (AvgIpc) is 2.78. The summed E-state index contributed by atoms with van der Waals surface area (Å²) < 4.78 is 0. The maximum absolute atomic E-state index is 13.4. The van der Waals surface area contributed by atoms with Gasteiger partial charge in [-0.1, -0.05) is 26.0 Å². The van der Waals surface area contributed by atoms with Crippen molar-refractivity contribution in [3.63, 3.8) is 0 Å². The van der Waals surface area contributed by atoms with Crippen molar-refractivity contribution in [2.45, 2.75) is 45.3 Å². The smallest absolute Gasteiger partial charge is 0.263 e. The Morgan fingerprint density at radius 2 is 2.00 bits per heavy atom. The number of amides is 1. The van der Waals surface area contributed by atoms with Crippen LogP contribution in [-0.2, 0) is 6.42 Å². The lowest BCUT2D eigenvalue weighted by Crippen LogP contribution is -2.40. The molecule has 0 saturated heterocycles. The molecule has 162 valence electrons. The highest BCUT2D eigenvalue weighted by Crippen LogP contribution is 2.39. The molecule has 1 aromatic carbocycles. The van der Waals surface area contributed by atoms with Crippen molar-refractivity contribution in [2.24, 2.45) is 0 Å². The van der Waals surface area contributed by atoms with Crippen LogP contribution in [-0.4, -0.2) is 55.7 Å². The number of carbonyl (C=O) groups is 1. The molecule has 0 unspecified atom stereocenters. The zero-order chi connectivity index (χ0) is 22.1. The second-order valence-electron chi connectivity index (χ2n) is 9.13. The number of rotatable bonds is 6. The SMILES string of the molecule is CCNc1ncc2c(n1)N(C)CCN(c1cccc(CC(C)(C)[Si](C)(C)O)c1)C2=O. The van der Waals surface area contributed by atoms with Crippen LogP contribution in [0.4, 0.5) is 17.5 Å². The topological polar surface area (TPSA) is 81.6 Å². The number of fused-ring (bicyclic) bond motifs is 1. The molecule has 1 amide bonds. The molecule has 0 saturated carbocycles. The van der Waals surface area contributed by atoms with Gasteiger partial charge < -0.3 is 19.9 Å². The Hall–Kier alpha value is -2.45. The van der Waals surface area contributed by atoms with Crippen LogP contribution in [0.5, 0.6) is 0 Å². The van der Waals surface area contributed by atoms with E-state index in [9.17, 15) is 9.59 Å². The molecule has 0 aliphatic carbocycles. The third kappa shape index (κ3) is 4.49.